The highest BCUT2D eigenvalue weighted by Crippen LogP contribution is 2.48. The fraction of sp³-hybridized carbons (Fsp3) is 0.938. The standard InChI is InChI=1S/C16H32N4O/c1-13-5-4-6-16(9-13,20(2)3)12-18-11-15(7-8-15)10-14(17)19-21/h13,18,21H,4-12H2,1-3H3,(H2,17,19). The van der Waals surface area contributed by atoms with Crippen molar-refractivity contribution in [1.29, 1.82) is 0 Å². The maximum atomic E-state index is 8.73. The summed E-state index contributed by atoms with van der Waals surface area (Å²) in [6, 6.07) is 0. The van der Waals surface area contributed by atoms with Crippen LogP contribution in [0.3, 0.4) is 0 Å². The lowest BCUT2D eigenvalue weighted by atomic mass is 9.75. The second-order valence-corrected chi connectivity index (χ2v) is 7.69. The van der Waals surface area contributed by atoms with Gasteiger partial charge >= 0.3 is 0 Å². The summed E-state index contributed by atoms with van der Waals surface area (Å²) >= 11 is 0. The molecule has 2 unspecified atom stereocenters. The highest BCUT2D eigenvalue weighted by molar-refractivity contribution is 5.80. The molecule has 2 rings (SSSR count). The lowest BCUT2D eigenvalue weighted by Crippen LogP contribution is -2.54. The van der Waals surface area contributed by atoms with Crippen LogP contribution in [0.4, 0.5) is 0 Å². The van der Waals surface area contributed by atoms with Gasteiger partial charge in [0.05, 0.1) is 0 Å². The number of hydrogen-bond acceptors (Lipinski definition) is 4. The number of amidine groups is 1. The summed E-state index contributed by atoms with van der Waals surface area (Å²) in [5, 5.41) is 15.6. The molecule has 5 nitrogen and oxygen atoms in total. The number of rotatable bonds is 7. The Morgan fingerprint density at radius 1 is 1.33 bits per heavy atom. The van der Waals surface area contributed by atoms with Crippen molar-refractivity contribution >= 4 is 5.84 Å². The molecule has 2 fully saturated rings. The number of nitrogens with zero attached hydrogens (tertiary/aromatic N) is 2. The Labute approximate surface area is 128 Å². The van der Waals surface area contributed by atoms with Gasteiger partial charge < -0.3 is 21.2 Å². The van der Waals surface area contributed by atoms with Crippen molar-refractivity contribution in [2.75, 3.05) is 27.2 Å². The van der Waals surface area contributed by atoms with Gasteiger partial charge in [0.25, 0.3) is 0 Å². The van der Waals surface area contributed by atoms with Crippen LogP contribution in [0, 0.1) is 11.3 Å². The molecular weight excluding hydrogens is 264 g/mol. The second-order valence-electron chi connectivity index (χ2n) is 7.69. The van der Waals surface area contributed by atoms with Crippen molar-refractivity contribution in [2.45, 2.75) is 57.4 Å². The first-order chi connectivity index (χ1) is 9.91. The molecule has 0 spiro atoms. The molecule has 0 saturated heterocycles. The van der Waals surface area contributed by atoms with E-state index < -0.39 is 0 Å². The van der Waals surface area contributed by atoms with Gasteiger partial charge in [-0.3, -0.25) is 0 Å². The zero-order valence-corrected chi connectivity index (χ0v) is 13.9. The smallest absolute Gasteiger partial charge is 0.139 e. The fourth-order valence-corrected chi connectivity index (χ4v) is 3.93. The van der Waals surface area contributed by atoms with Crippen LogP contribution in [0.5, 0.6) is 0 Å². The number of nitrogens with one attached hydrogen (secondary N) is 1. The van der Waals surface area contributed by atoms with Crippen molar-refractivity contribution in [1.82, 2.24) is 10.2 Å². The van der Waals surface area contributed by atoms with Crippen LogP contribution in [0.25, 0.3) is 0 Å². The summed E-state index contributed by atoms with van der Waals surface area (Å²) in [6.07, 6.45) is 8.33. The number of oxime groups is 1. The van der Waals surface area contributed by atoms with E-state index in [4.69, 9.17) is 10.9 Å². The van der Waals surface area contributed by atoms with Crippen LogP contribution in [0.2, 0.25) is 0 Å². The van der Waals surface area contributed by atoms with E-state index in [-0.39, 0.29) is 5.41 Å². The molecular formula is C16H32N4O. The van der Waals surface area contributed by atoms with Crippen LogP contribution in [-0.4, -0.2) is 48.7 Å². The highest BCUT2D eigenvalue weighted by atomic mass is 16.4. The third-order valence-electron chi connectivity index (χ3n) is 5.61. The molecule has 0 heterocycles. The first-order valence-electron chi connectivity index (χ1n) is 8.26. The third-order valence-corrected chi connectivity index (χ3v) is 5.61. The topological polar surface area (TPSA) is 73.9 Å². The predicted octanol–water partition coefficient (Wildman–Crippen LogP) is 2.00. The molecule has 0 bridgehead atoms. The molecule has 2 aliphatic carbocycles. The van der Waals surface area contributed by atoms with E-state index in [9.17, 15) is 0 Å². The van der Waals surface area contributed by atoms with E-state index in [0.29, 0.717) is 17.8 Å². The van der Waals surface area contributed by atoms with Gasteiger partial charge in [-0.25, -0.2) is 0 Å². The minimum Gasteiger partial charge on any atom is -0.409 e. The SMILES string of the molecule is CC1CCCC(CNCC2(CC(N)=NO)CC2)(N(C)C)C1. The quantitative estimate of drug-likeness (QED) is 0.291. The number of hydrogen-bond donors (Lipinski definition) is 3. The Morgan fingerprint density at radius 3 is 2.57 bits per heavy atom. The Kier molecular flexibility index (Phi) is 5.15. The first kappa shape index (κ1) is 16.6. The second kappa shape index (κ2) is 6.53. The van der Waals surface area contributed by atoms with Crippen molar-refractivity contribution in [3.63, 3.8) is 0 Å². The molecule has 21 heavy (non-hydrogen) atoms. The van der Waals surface area contributed by atoms with Gasteiger partial charge in [-0.1, -0.05) is 24.9 Å². The molecule has 0 aromatic rings. The molecule has 5 heteroatoms. The molecule has 2 atom stereocenters. The molecule has 2 saturated carbocycles. The van der Waals surface area contributed by atoms with Crippen LogP contribution < -0.4 is 11.1 Å². The van der Waals surface area contributed by atoms with E-state index in [1.807, 2.05) is 0 Å². The predicted molar refractivity (Wildman–Crippen MR) is 86.6 cm³/mol. The van der Waals surface area contributed by atoms with Crippen LogP contribution in [0.1, 0.15) is 51.9 Å². The van der Waals surface area contributed by atoms with Crippen molar-refractivity contribution in [3.05, 3.63) is 0 Å². The molecule has 2 aliphatic rings. The Morgan fingerprint density at radius 2 is 2.05 bits per heavy atom. The maximum absolute atomic E-state index is 8.73. The maximum Gasteiger partial charge on any atom is 0.139 e. The van der Waals surface area contributed by atoms with E-state index in [1.54, 1.807) is 0 Å². The van der Waals surface area contributed by atoms with Gasteiger partial charge in [0.15, 0.2) is 0 Å². The zero-order chi connectivity index (χ0) is 15.5. The van der Waals surface area contributed by atoms with Crippen LogP contribution in [0.15, 0.2) is 5.16 Å². The lowest BCUT2D eigenvalue weighted by molar-refractivity contribution is 0.0740. The van der Waals surface area contributed by atoms with Crippen molar-refractivity contribution in [2.24, 2.45) is 22.2 Å². The van der Waals surface area contributed by atoms with E-state index >= 15 is 0 Å². The number of nitrogens with two attached hydrogens (primary N) is 1. The van der Waals surface area contributed by atoms with E-state index in [2.05, 4.69) is 36.4 Å². The Bertz CT molecular complexity index is 378. The average molecular weight is 296 g/mol. The van der Waals surface area contributed by atoms with Gasteiger partial charge in [0, 0.05) is 25.0 Å². The van der Waals surface area contributed by atoms with Gasteiger partial charge in [0.2, 0.25) is 0 Å². The molecule has 0 amide bonds. The molecule has 122 valence electrons. The summed E-state index contributed by atoms with van der Waals surface area (Å²) in [6.45, 7) is 4.40. The van der Waals surface area contributed by atoms with E-state index in [0.717, 1.165) is 19.0 Å². The Balaban J connectivity index is 1.86. The molecule has 0 aromatic carbocycles. The average Bonchev–Trinajstić information content (AvgIpc) is 3.18. The summed E-state index contributed by atoms with van der Waals surface area (Å²) < 4.78 is 0. The number of likely N-dealkylation sites (N-methyl/N-ethyl adjacent to an activating group) is 1. The molecule has 0 radical (unpaired) electrons. The molecule has 4 N–H and O–H groups in total. The highest BCUT2D eigenvalue weighted by Gasteiger charge is 2.44. The third kappa shape index (κ3) is 4.10. The fourth-order valence-electron chi connectivity index (χ4n) is 3.93. The largest absolute Gasteiger partial charge is 0.409 e. The minimum absolute atomic E-state index is 0.240. The zero-order valence-electron chi connectivity index (χ0n) is 13.9. The first-order valence-corrected chi connectivity index (χ1v) is 8.26. The Hall–Kier alpha value is -0.810. The molecule has 0 aromatic heterocycles. The summed E-state index contributed by atoms with van der Waals surface area (Å²) in [7, 11) is 4.42. The van der Waals surface area contributed by atoms with Crippen molar-refractivity contribution in [3.8, 4) is 0 Å². The van der Waals surface area contributed by atoms with Gasteiger partial charge in [-0.05, 0) is 51.1 Å². The monoisotopic (exact) mass is 296 g/mol. The summed E-state index contributed by atoms with van der Waals surface area (Å²) in [5.74, 6) is 1.18. The van der Waals surface area contributed by atoms with Gasteiger partial charge in [0.1, 0.15) is 5.84 Å². The summed E-state index contributed by atoms with van der Waals surface area (Å²) in [4.78, 5) is 2.42. The lowest BCUT2D eigenvalue weighted by Gasteiger charge is -2.45. The van der Waals surface area contributed by atoms with E-state index in [1.165, 1.54) is 38.5 Å². The van der Waals surface area contributed by atoms with Crippen LogP contribution in [-0.2, 0) is 0 Å². The summed E-state index contributed by atoms with van der Waals surface area (Å²) in [5.41, 5.74) is 6.21. The van der Waals surface area contributed by atoms with Crippen LogP contribution >= 0.6 is 0 Å². The minimum atomic E-state index is 0.240. The molecule has 0 aliphatic heterocycles. The van der Waals surface area contributed by atoms with Crippen molar-refractivity contribution < 1.29 is 5.21 Å². The van der Waals surface area contributed by atoms with Gasteiger partial charge in [-0.15, -0.1) is 0 Å². The van der Waals surface area contributed by atoms with Gasteiger partial charge in [-0.2, -0.15) is 0 Å². The normalized spacial score (nSPS) is 32.4.